The molecule has 0 aliphatic rings. The van der Waals surface area contributed by atoms with Gasteiger partial charge in [-0.25, -0.2) is 18.7 Å². The molecular weight excluding hydrogens is 274 g/mol. The van der Waals surface area contributed by atoms with Gasteiger partial charge in [-0.1, -0.05) is 18.2 Å². The molecule has 6 heteroatoms. The maximum atomic E-state index is 12.7. The van der Waals surface area contributed by atoms with E-state index in [4.69, 9.17) is 11.6 Å². The summed E-state index contributed by atoms with van der Waals surface area (Å²) in [7, 11) is 0. The lowest BCUT2D eigenvalue weighted by molar-refractivity contribution is 0.0134. The molecule has 104 valence electrons. The predicted octanol–water partition coefficient (Wildman–Crippen LogP) is 3.92. The highest BCUT2D eigenvalue weighted by molar-refractivity contribution is 6.33. The monoisotopic (exact) mass is 288 g/mol. The molecule has 0 spiro atoms. The fraction of sp³-hybridized carbons (Fsp3) is 0.462. The number of hydrogen-bond donors (Lipinski definition) is 0. The standard InChI is InChI=1S/C13H15ClF2N2O/c1-7(5-6-13(4,15)16)11(19)10-12(14)18-9(3)8(2)17-10/h1,5-6H2,2-4H3. The lowest BCUT2D eigenvalue weighted by Crippen LogP contribution is -2.14. The zero-order chi connectivity index (χ0) is 14.8. The van der Waals surface area contributed by atoms with Gasteiger partial charge in [-0.05, 0) is 32.8 Å². The Labute approximate surface area is 115 Å². The molecule has 0 aromatic carbocycles. The van der Waals surface area contributed by atoms with Crippen LogP contribution in [0.3, 0.4) is 0 Å². The predicted molar refractivity (Wildman–Crippen MR) is 69.8 cm³/mol. The molecule has 0 atom stereocenters. The van der Waals surface area contributed by atoms with Gasteiger partial charge in [0.05, 0.1) is 11.4 Å². The number of rotatable bonds is 5. The quantitative estimate of drug-likeness (QED) is 0.609. The van der Waals surface area contributed by atoms with Crippen molar-refractivity contribution in [2.75, 3.05) is 0 Å². The smallest absolute Gasteiger partial charge is 0.245 e. The Balaban J connectivity index is 2.89. The molecule has 19 heavy (non-hydrogen) atoms. The number of nitrogens with zero attached hydrogens (tertiary/aromatic N) is 2. The van der Waals surface area contributed by atoms with Gasteiger partial charge < -0.3 is 0 Å². The van der Waals surface area contributed by atoms with Crippen LogP contribution < -0.4 is 0 Å². The molecule has 1 aromatic rings. The number of carbonyl (C=O) groups excluding carboxylic acids is 1. The van der Waals surface area contributed by atoms with Crippen LogP contribution in [-0.4, -0.2) is 21.7 Å². The molecular formula is C13H15ClF2N2O. The van der Waals surface area contributed by atoms with Crippen LogP contribution in [0.1, 0.15) is 41.6 Å². The summed E-state index contributed by atoms with van der Waals surface area (Å²) in [6.45, 7) is 7.73. The Kier molecular flexibility index (Phi) is 4.74. The van der Waals surface area contributed by atoms with Gasteiger partial charge in [0.15, 0.2) is 5.15 Å². The van der Waals surface area contributed by atoms with E-state index in [0.29, 0.717) is 11.4 Å². The molecule has 0 amide bonds. The first-order valence-corrected chi connectivity index (χ1v) is 6.10. The molecule has 0 unspecified atom stereocenters. The first-order chi connectivity index (χ1) is 8.61. The van der Waals surface area contributed by atoms with Crippen LogP contribution in [0.2, 0.25) is 5.15 Å². The van der Waals surface area contributed by atoms with E-state index in [-0.39, 0.29) is 22.8 Å². The Hall–Kier alpha value is -1.36. The number of Topliss-reactive ketones (excluding diaryl/α,β-unsaturated/α-hetero) is 1. The Morgan fingerprint density at radius 2 is 1.84 bits per heavy atom. The van der Waals surface area contributed by atoms with Crippen molar-refractivity contribution in [3.63, 3.8) is 0 Å². The topological polar surface area (TPSA) is 42.9 Å². The van der Waals surface area contributed by atoms with Crippen molar-refractivity contribution >= 4 is 17.4 Å². The molecule has 0 bridgehead atoms. The Bertz CT molecular complexity index is 524. The van der Waals surface area contributed by atoms with Crippen LogP contribution in [-0.2, 0) is 0 Å². The van der Waals surface area contributed by atoms with Gasteiger partial charge in [-0.3, -0.25) is 4.79 Å². The van der Waals surface area contributed by atoms with Gasteiger partial charge in [0, 0.05) is 6.42 Å². The second-order valence-corrected chi connectivity index (χ2v) is 4.89. The highest BCUT2D eigenvalue weighted by atomic mass is 35.5. The van der Waals surface area contributed by atoms with E-state index >= 15 is 0 Å². The third kappa shape index (κ3) is 4.35. The lowest BCUT2D eigenvalue weighted by atomic mass is 10.0. The van der Waals surface area contributed by atoms with Crippen LogP contribution in [0, 0.1) is 13.8 Å². The normalized spacial score (nSPS) is 11.5. The number of allylic oxidation sites excluding steroid dienone is 1. The molecule has 0 fully saturated rings. The minimum absolute atomic E-state index is 0.0301. The average molecular weight is 289 g/mol. The van der Waals surface area contributed by atoms with Gasteiger partial charge in [0.25, 0.3) is 0 Å². The van der Waals surface area contributed by atoms with Crippen LogP contribution >= 0.6 is 11.6 Å². The zero-order valence-electron chi connectivity index (χ0n) is 11.1. The van der Waals surface area contributed by atoms with Gasteiger partial charge >= 0.3 is 0 Å². The molecule has 0 aliphatic carbocycles. The van der Waals surface area contributed by atoms with Crippen molar-refractivity contribution in [1.82, 2.24) is 9.97 Å². The number of halogens is 3. The third-order valence-corrected chi connectivity index (χ3v) is 2.93. The molecule has 0 N–H and O–H groups in total. The summed E-state index contributed by atoms with van der Waals surface area (Å²) in [5.41, 5.74) is 1.21. The van der Waals surface area contributed by atoms with Crippen LogP contribution in [0.25, 0.3) is 0 Å². The van der Waals surface area contributed by atoms with Gasteiger partial charge in [0.1, 0.15) is 5.69 Å². The van der Waals surface area contributed by atoms with Gasteiger partial charge in [-0.2, -0.15) is 0 Å². The van der Waals surface area contributed by atoms with Crippen molar-refractivity contribution in [3.05, 3.63) is 34.4 Å². The zero-order valence-corrected chi connectivity index (χ0v) is 11.8. The number of ketones is 1. The van der Waals surface area contributed by atoms with E-state index in [9.17, 15) is 13.6 Å². The molecule has 0 radical (unpaired) electrons. The second-order valence-electron chi connectivity index (χ2n) is 4.54. The molecule has 0 aliphatic heterocycles. The van der Waals surface area contributed by atoms with Crippen molar-refractivity contribution < 1.29 is 13.6 Å². The molecule has 0 saturated carbocycles. The highest BCUT2D eigenvalue weighted by Gasteiger charge is 2.24. The largest absolute Gasteiger partial charge is 0.287 e. The summed E-state index contributed by atoms with van der Waals surface area (Å²) in [5.74, 6) is -3.37. The van der Waals surface area contributed by atoms with Gasteiger partial charge in [0.2, 0.25) is 11.7 Å². The summed E-state index contributed by atoms with van der Waals surface area (Å²) in [4.78, 5) is 20.0. The maximum Gasteiger partial charge on any atom is 0.245 e. The highest BCUT2D eigenvalue weighted by Crippen LogP contribution is 2.24. The number of alkyl halides is 2. The average Bonchev–Trinajstić information content (AvgIpc) is 2.29. The number of carbonyl (C=O) groups is 1. The number of aromatic nitrogens is 2. The fourth-order valence-electron chi connectivity index (χ4n) is 1.37. The SMILES string of the molecule is C=C(CCC(C)(F)F)C(=O)c1nc(C)c(C)nc1Cl. The van der Waals surface area contributed by atoms with Gasteiger partial charge in [-0.15, -0.1) is 0 Å². The minimum atomic E-state index is -2.83. The minimum Gasteiger partial charge on any atom is -0.287 e. The summed E-state index contributed by atoms with van der Waals surface area (Å²) in [6, 6.07) is 0. The van der Waals surface area contributed by atoms with Crippen molar-refractivity contribution in [3.8, 4) is 0 Å². The summed E-state index contributed by atoms with van der Waals surface area (Å²) >= 11 is 5.85. The molecule has 1 aromatic heterocycles. The van der Waals surface area contributed by atoms with Crippen LogP contribution in [0.4, 0.5) is 8.78 Å². The second kappa shape index (κ2) is 5.74. The Morgan fingerprint density at radius 3 is 2.37 bits per heavy atom. The fourth-order valence-corrected chi connectivity index (χ4v) is 1.63. The van der Waals surface area contributed by atoms with E-state index in [1.54, 1.807) is 13.8 Å². The maximum absolute atomic E-state index is 12.7. The van der Waals surface area contributed by atoms with Crippen molar-refractivity contribution in [1.29, 1.82) is 0 Å². The molecule has 1 heterocycles. The van der Waals surface area contributed by atoms with E-state index in [2.05, 4.69) is 16.5 Å². The van der Waals surface area contributed by atoms with Crippen LogP contribution in [0.15, 0.2) is 12.2 Å². The Morgan fingerprint density at radius 1 is 1.32 bits per heavy atom. The number of aryl methyl sites for hydroxylation is 2. The first kappa shape index (κ1) is 15.7. The third-order valence-electron chi connectivity index (χ3n) is 2.67. The molecule has 3 nitrogen and oxygen atoms in total. The van der Waals surface area contributed by atoms with E-state index in [1.165, 1.54) is 0 Å². The number of hydrogen-bond acceptors (Lipinski definition) is 3. The first-order valence-electron chi connectivity index (χ1n) is 5.73. The summed E-state index contributed by atoms with van der Waals surface area (Å²) < 4.78 is 25.5. The van der Waals surface area contributed by atoms with Crippen molar-refractivity contribution in [2.45, 2.75) is 39.5 Å². The molecule has 0 saturated heterocycles. The van der Waals surface area contributed by atoms with E-state index in [0.717, 1.165) is 6.92 Å². The van der Waals surface area contributed by atoms with Crippen LogP contribution in [0.5, 0.6) is 0 Å². The molecule has 1 rings (SSSR count). The lowest BCUT2D eigenvalue weighted by Gasteiger charge is -2.11. The van der Waals surface area contributed by atoms with E-state index in [1.807, 2.05) is 0 Å². The summed E-state index contributed by atoms with van der Waals surface area (Å²) in [6.07, 6.45) is -0.541. The summed E-state index contributed by atoms with van der Waals surface area (Å²) in [5, 5.41) is -0.0301. The van der Waals surface area contributed by atoms with Crippen molar-refractivity contribution in [2.24, 2.45) is 0 Å². The van der Waals surface area contributed by atoms with E-state index < -0.39 is 18.1 Å².